The molecule has 1 N–H and O–H groups in total. The standard InChI is InChI=1S/C29H21N5OS/c35-29(27(20-9-3-1-4-10-20)21-11-5-2-6-12-21)30-23-14-7-13-22(19-23)24-16-17-26-31-32-28(34(26)33-24)25-15-8-18-36-25/h1-19,27H,(H,30,35). The summed E-state index contributed by atoms with van der Waals surface area (Å²) < 4.78 is 1.76. The highest BCUT2D eigenvalue weighted by atomic mass is 32.1. The number of amides is 1. The third-order valence-corrected chi connectivity index (χ3v) is 6.82. The van der Waals surface area contributed by atoms with Crippen LogP contribution in [0.2, 0.25) is 0 Å². The Morgan fingerprint density at radius 1 is 0.778 bits per heavy atom. The van der Waals surface area contributed by atoms with Gasteiger partial charge < -0.3 is 5.32 Å². The average Bonchev–Trinajstić information content (AvgIpc) is 3.60. The van der Waals surface area contributed by atoms with Gasteiger partial charge in [-0.1, -0.05) is 78.9 Å². The van der Waals surface area contributed by atoms with E-state index >= 15 is 0 Å². The molecule has 36 heavy (non-hydrogen) atoms. The second kappa shape index (κ2) is 9.56. The minimum Gasteiger partial charge on any atom is -0.325 e. The predicted molar refractivity (Wildman–Crippen MR) is 143 cm³/mol. The summed E-state index contributed by atoms with van der Waals surface area (Å²) in [5.41, 5.74) is 4.92. The molecule has 6 nitrogen and oxygen atoms in total. The van der Waals surface area contributed by atoms with Crippen LogP contribution >= 0.6 is 11.3 Å². The topological polar surface area (TPSA) is 72.2 Å². The maximum absolute atomic E-state index is 13.5. The highest BCUT2D eigenvalue weighted by Crippen LogP contribution is 2.28. The molecule has 0 saturated heterocycles. The van der Waals surface area contributed by atoms with Crippen molar-refractivity contribution in [1.29, 1.82) is 0 Å². The number of carbonyl (C=O) groups excluding carboxylic acids is 1. The van der Waals surface area contributed by atoms with Gasteiger partial charge in [0, 0.05) is 11.3 Å². The maximum atomic E-state index is 13.5. The molecule has 0 aliphatic rings. The number of nitrogens with zero attached hydrogens (tertiary/aromatic N) is 4. The third kappa shape index (κ3) is 4.28. The fraction of sp³-hybridized carbons (Fsp3) is 0.0345. The molecular formula is C29H21N5OS. The molecule has 0 saturated carbocycles. The van der Waals surface area contributed by atoms with Crippen molar-refractivity contribution in [2.75, 3.05) is 5.32 Å². The van der Waals surface area contributed by atoms with Crippen molar-refractivity contribution in [3.05, 3.63) is 126 Å². The van der Waals surface area contributed by atoms with E-state index < -0.39 is 5.92 Å². The van der Waals surface area contributed by atoms with Crippen LogP contribution in [0.25, 0.3) is 27.6 Å². The SMILES string of the molecule is O=C(Nc1cccc(-c2ccc3nnc(-c4cccs4)n3n2)c1)C(c1ccccc1)c1ccccc1. The molecule has 3 heterocycles. The number of carbonyl (C=O) groups is 1. The Morgan fingerprint density at radius 2 is 1.53 bits per heavy atom. The van der Waals surface area contributed by atoms with Crippen molar-refractivity contribution in [2.24, 2.45) is 0 Å². The van der Waals surface area contributed by atoms with E-state index in [4.69, 9.17) is 5.10 Å². The summed E-state index contributed by atoms with van der Waals surface area (Å²) in [5, 5.41) is 18.5. The van der Waals surface area contributed by atoms with Crippen LogP contribution < -0.4 is 5.32 Å². The monoisotopic (exact) mass is 487 g/mol. The number of benzene rings is 3. The smallest absolute Gasteiger partial charge is 0.236 e. The average molecular weight is 488 g/mol. The summed E-state index contributed by atoms with van der Waals surface area (Å²) in [6.45, 7) is 0. The Morgan fingerprint density at radius 3 is 2.22 bits per heavy atom. The Balaban J connectivity index is 1.32. The van der Waals surface area contributed by atoms with Gasteiger partial charge in [-0.3, -0.25) is 4.79 Å². The minimum absolute atomic E-state index is 0.0910. The zero-order valence-electron chi connectivity index (χ0n) is 19.2. The van der Waals surface area contributed by atoms with E-state index in [0.717, 1.165) is 27.3 Å². The number of aromatic nitrogens is 4. The summed E-state index contributed by atoms with van der Waals surface area (Å²) in [6, 6.07) is 35.2. The number of hydrogen-bond donors (Lipinski definition) is 1. The largest absolute Gasteiger partial charge is 0.325 e. The van der Waals surface area contributed by atoms with E-state index in [1.807, 2.05) is 115 Å². The van der Waals surface area contributed by atoms with Crippen molar-refractivity contribution in [3.63, 3.8) is 0 Å². The van der Waals surface area contributed by atoms with E-state index in [9.17, 15) is 4.79 Å². The highest BCUT2D eigenvalue weighted by molar-refractivity contribution is 7.13. The molecule has 0 atom stereocenters. The number of fused-ring (bicyclic) bond motifs is 1. The molecule has 0 unspecified atom stereocenters. The van der Waals surface area contributed by atoms with Crippen molar-refractivity contribution in [1.82, 2.24) is 19.8 Å². The fourth-order valence-electron chi connectivity index (χ4n) is 4.26. The lowest BCUT2D eigenvalue weighted by Crippen LogP contribution is -2.22. The van der Waals surface area contributed by atoms with E-state index in [0.29, 0.717) is 17.2 Å². The van der Waals surface area contributed by atoms with E-state index in [1.54, 1.807) is 15.9 Å². The molecule has 3 aromatic carbocycles. The van der Waals surface area contributed by atoms with Crippen molar-refractivity contribution in [2.45, 2.75) is 5.92 Å². The predicted octanol–water partition coefficient (Wildman–Crippen LogP) is 6.29. The first-order valence-electron chi connectivity index (χ1n) is 11.5. The Kier molecular flexibility index (Phi) is 5.81. The third-order valence-electron chi connectivity index (χ3n) is 5.96. The first-order valence-corrected chi connectivity index (χ1v) is 12.4. The molecule has 0 aliphatic heterocycles. The summed E-state index contributed by atoms with van der Waals surface area (Å²) in [7, 11) is 0. The van der Waals surface area contributed by atoms with Gasteiger partial charge in [0.2, 0.25) is 5.91 Å². The minimum atomic E-state index is -0.420. The zero-order chi connectivity index (χ0) is 24.3. The van der Waals surface area contributed by atoms with Gasteiger partial charge in [-0.15, -0.1) is 21.5 Å². The normalized spacial score (nSPS) is 11.1. The van der Waals surface area contributed by atoms with Gasteiger partial charge >= 0.3 is 0 Å². The van der Waals surface area contributed by atoms with Crippen molar-refractivity contribution < 1.29 is 4.79 Å². The molecule has 0 spiro atoms. The summed E-state index contributed by atoms with van der Waals surface area (Å²) in [5.74, 6) is 0.197. The van der Waals surface area contributed by atoms with E-state index in [-0.39, 0.29) is 5.91 Å². The number of thiophene rings is 1. The second-order valence-corrected chi connectivity index (χ2v) is 9.26. The number of anilines is 1. The number of nitrogens with one attached hydrogen (secondary N) is 1. The highest BCUT2D eigenvalue weighted by Gasteiger charge is 2.23. The quantitative estimate of drug-likeness (QED) is 0.300. The van der Waals surface area contributed by atoms with Crippen LogP contribution in [0.3, 0.4) is 0 Å². The van der Waals surface area contributed by atoms with Crippen LogP contribution in [0, 0.1) is 0 Å². The van der Waals surface area contributed by atoms with Gasteiger partial charge in [0.05, 0.1) is 16.5 Å². The molecule has 6 rings (SSSR count). The van der Waals surface area contributed by atoms with E-state index in [1.165, 1.54) is 0 Å². The molecule has 1 amide bonds. The van der Waals surface area contributed by atoms with Crippen molar-refractivity contribution >= 4 is 28.6 Å². The fourth-order valence-corrected chi connectivity index (χ4v) is 4.95. The van der Waals surface area contributed by atoms with Gasteiger partial charge in [0.1, 0.15) is 0 Å². The zero-order valence-corrected chi connectivity index (χ0v) is 20.0. The first kappa shape index (κ1) is 21.9. The summed E-state index contributed by atoms with van der Waals surface area (Å²) in [4.78, 5) is 14.5. The first-order chi connectivity index (χ1) is 17.8. The van der Waals surface area contributed by atoms with Crippen LogP contribution in [-0.4, -0.2) is 25.7 Å². The van der Waals surface area contributed by atoms with Gasteiger partial charge in [-0.05, 0) is 46.8 Å². The Bertz CT molecular complexity index is 1590. The van der Waals surface area contributed by atoms with Gasteiger partial charge in [-0.25, -0.2) is 0 Å². The molecule has 7 heteroatoms. The lowest BCUT2D eigenvalue weighted by atomic mass is 9.90. The maximum Gasteiger partial charge on any atom is 0.236 e. The van der Waals surface area contributed by atoms with Crippen LogP contribution in [0.5, 0.6) is 0 Å². The summed E-state index contributed by atoms with van der Waals surface area (Å²) in [6.07, 6.45) is 0. The second-order valence-electron chi connectivity index (χ2n) is 8.31. The molecular weight excluding hydrogens is 466 g/mol. The molecule has 0 radical (unpaired) electrons. The lowest BCUT2D eigenvalue weighted by molar-refractivity contribution is -0.116. The molecule has 6 aromatic rings. The Hall–Kier alpha value is -4.62. The molecule has 0 aliphatic carbocycles. The van der Waals surface area contributed by atoms with Gasteiger partial charge in [-0.2, -0.15) is 9.61 Å². The van der Waals surface area contributed by atoms with Crippen LogP contribution in [0.15, 0.2) is 115 Å². The molecule has 0 fully saturated rings. The lowest BCUT2D eigenvalue weighted by Gasteiger charge is -2.18. The Labute approximate surface area is 211 Å². The van der Waals surface area contributed by atoms with Gasteiger partial charge in [0.15, 0.2) is 11.5 Å². The molecule has 0 bridgehead atoms. The molecule has 3 aromatic heterocycles. The van der Waals surface area contributed by atoms with Crippen LogP contribution in [-0.2, 0) is 4.79 Å². The van der Waals surface area contributed by atoms with Gasteiger partial charge in [0.25, 0.3) is 0 Å². The van der Waals surface area contributed by atoms with Crippen LogP contribution in [0.4, 0.5) is 5.69 Å². The summed E-state index contributed by atoms with van der Waals surface area (Å²) >= 11 is 1.59. The molecule has 174 valence electrons. The van der Waals surface area contributed by atoms with E-state index in [2.05, 4.69) is 15.5 Å². The number of hydrogen-bond acceptors (Lipinski definition) is 5. The van der Waals surface area contributed by atoms with Crippen molar-refractivity contribution in [3.8, 4) is 22.0 Å². The van der Waals surface area contributed by atoms with Crippen LogP contribution in [0.1, 0.15) is 17.0 Å². The number of rotatable bonds is 6.